The van der Waals surface area contributed by atoms with E-state index in [-0.39, 0.29) is 30.2 Å². The maximum atomic E-state index is 12.9. The third-order valence-electron chi connectivity index (χ3n) is 4.90. The Labute approximate surface area is 183 Å². The number of nitrogens with one attached hydrogen (secondary N) is 2. The Morgan fingerprint density at radius 3 is 2.37 bits per heavy atom. The van der Waals surface area contributed by atoms with Crippen molar-refractivity contribution in [2.75, 3.05) is 18.6 Å². The first-order valence-electron chi connectivity index (χ1n) is 10.1. The van der Waals surface area contributed by atoms with E-state index >= 15 is 0 Å². The normalized spacial score (nSPS) is 19.7. The van der Waals surface area contributed by atoms with Gasteiger partial charge in [-0.25, -0.2) is 13.2 Å². The second kappa shape index (κ2) is 10.5. The fraction of sp³-hybridized carbons (Fsp3) is 0.619. The van der Waals surface area contributed by atoms with E-state index in [9.17, 15) is 18.0 Å². The molecule has 1 saturated carbocycles. The smallest absolute Gasteiger partial charge is 0.408 e. The topological polar surface area (TPSA) is 102 Å². The van der Waals surface area contributed by atoms with Crippen LogP contribution in [0.15, 0.2) is 34.1 Å². The van der Waals surface area contributed by atoms with Crippen molar-refractivity contribution < 1.29 is 22.7 Å². The van der Waals surface area contributed by atoms with Gasteiger partial charge in [0.25, 0.3) is 0 Å². The number of amides is 2. The highest BCUT2D eigenvalue weighted by atomic mass is 32.2. The van der Waals surface area contributed by atoms with Gasteiger partial charge >= 0.3 is 6.09 Å². The molecule has 30 heavy (non-hydrogen) atoms. The zero-order valence-corrected chi connectivity index (χ0v) is 19.7. The van der Waals surface area contributed by atoms with Gasteiger partial charge in [-0.2, -0.15) is 0 Å². The van der Waals surface area contributed by atoms with Crippen molar-refractivity contribution in [2.24, 2.45) is 5.92 Å². The summed E-state index contributed by atoms with van der Waals surface area (Å²) >= 11 is 1.56. The van der Waals surface area contributed by atoms with Crippen molar-refractivity contribution in [3.63, 3.8) is 0 Å². The highest BCUT2D eigenvalue weighted by Gasteiger charge is 2.31. The molecule has 2 atom stereocenters. The summed E-state index contributed by atoms with van der Waals surface area (Å²) in [6.45, 7) is 5.03. The molecule has 2 amide bonds. The Kier molecular flexibility index (Phi) is 8.61. The van der Waals surface area contributed by atoms with E-state index in [1.165, 1.54) is 0 Å². The molecule has 0 spiro atoms. The van der Waals surface area contributed by atoms with Crippen LogP contribution in [-0.2, 0) is 19.4 Å². The van der Waals surface area contributed by atoms with Crippen LogP contribution in [0.25, 0.3) is 0 Å². The number of thioether (sulfide) groups is 1. The van der Waals surface area contributed by atoms with Crippen molar-refractivity contribution in [1.82, 2.24) is 10.6 Å². The maximum absolute atomic E-state index is 12.9. The Bertz CT molecular complexity index is 832. The predicted molar refractivity (Wildman–Crippen MR) is 118 cm³/mol. The fourth-order valence-electron chi connectivity index (χ4n) is 3.48. The highest BCUT2D eigenvalue weighted by molar-refractivity contribution is 7.98. The second-order valence-electron chi connectivity index (χ2n) is 8.53. The number of hydrogen-bond acceptors (Lipinski definition) is 6. The summed E-state index contributed by atoms with van der Waals surface area (Å²) in [5, 5.41) is 5.34. The van der Waals surface area contributed by atoms with Crippen LogP contribution in [0, 0.1) is 5.92 Å². The van der Waals surface area contributed by atoms with Gasteiger partial charge in [0.2, 0.25) is 5.91 Å². The molecule has 2 N–H and O–H groups in total. The minimum atomic E-state index is -3.45. The molecule has 2 rings (SSSR count). The molecular weight excluding hydrogens is 424 g/mol. The van der Waals surface area contributed by atoms with Crippen LogP contribution in [0.1, 0.15) is 46.5 Å². The van der Waals surface area contributed by atoms with E-state index in [1.54, 1.807) is 56.8 Å². The first-order valence-corrected chi connectivity index (χ1v) is 13.0. The molecule has 9 heteroatoms. The Morgan fingerprint density at radius 2 is 1.77 bits per heavy atom. The van der Waals surface area contributed by atoms with Gasteiger partial charge in [0.15, 0.2) is 9.84 Å². The summed E-state index contributed by atoms with van der Waals surface area (Å²) < 4.78 is 30.9. The van der Waals surface area contributed by atoms with Gasteiger partial charge < -0.3 is 15.4 Å². The summed E-state index contributed by atoms with van der Waals surface area (Å²) in [4.78, 5) is 25.3. The number of alkyl carbamates (subject to hydrolysis) is 1. The van der Waals surface area contributed by atoms with E-state index in [4.69, 9.17) is 4.74 Å². The van der Waals surface area contributed by atoms with Gasteiger partial charge in [0.05, 0.1) is 10.6 Å². The summed E-state index contributed by atoms with van der Waals surface area (Å²) in [5.74, 6) is -0.510. The summed E-state index contributed by atoms with van der Waals surface area (Å²) in [7, 11) is -3.45. The predicted octanol–water partition coefficient (Wildman–Crippen LogP) is 3.38. The molecule has 0 unspecified atom stereocenters. The van der Waals surface area contributed by atoms with Crippen LogP contribution < -0.4 is 10.6 Å². The van der Waals surface area contributed by atoms with E-state index in [0.717, 1.165) is 30.6 Å². The lowest BCUT2D eigenvalue weighted by Gasteiger charge is -2.32. The van der Waals surface area contributed by atoms with Gasteiger partial charge in [-0.3, -0.25) is 4.79 Å². The Morgan fingerprint density at radius 1 is 1.13 bits per heavy atom. The minimum Gasteiger partial charge on any atom is -0.444 e. The molecule has 1 aromatic rings. The zero-order valence-electron chi connectivity index (χ0n) is 18.1. The maximum Gasteiger partial charge on any atom is 0.408 e. The number of sulfone groups is 1. The number of ether oxygens (including phenoxy) is 1. The monoisotopic (exact) mass is 456 g/mol. The van der Waals surface area contributed by atoms with Gasteiger partial charge in [-0.15, -0.1) is 11.8 Å². The molecule has 0 radical (unpaired) electrons. The highest BCUT2D eigenvalue weighted by Crippen LogP contribution is 2.28. The molecular formula is C21H32N2O5S2. The van der Waals surface area contributed by atoms with Crippen LogP contribution >= 0.6 is 11.8 Å². The first-order chi connectivity index (χ1) is 14.0. The van der Waals surface area contributed by atoms with E-state index in [0.29, 0.717) is 4.90 Å². The average molecular weight is 457 g/mol. The van der Waals surface area contributed by atoms with E-state index in [2.05, 4.69) is 10.6 Å². The van der Waals surface area contributed by atoms with Crippen molar-refractivity contribution in [2.45, 2.75) is 67.9 Å². The summed E-state index contributed by atoms with van der Waals surface area (Å²) in [6.07, 6.45) is 4.62. The molecule has 0 aromatic heterocycles. The minimum absolute atomic E-state index is 0.00391. The van der Waals surface area contributed by atoms with Crippen LogP contribution in [0.2, 0.25) is 0 Å². The average Bonchev–Trinajstić information content (AvgIpc) is 2.66. The van der Waals surface area contributed by atoms with Gasteiger partial charge in [-0.05, 0) is 70.1 Å². The van der Waals surface area contributed by atoms with Crippen LogP contribution in [-0.4, -0.2) is 50.6 Å². The molecule has 1 fully saturated rings. The lowest BCUT2D eigenvalue weighted by atomic mass is 9.86. The van der Waals surface area contributed by atoms with Crippen LogP contribution in [0.4, 0.5) is 4.79 Å². The molecule has 0 saturated heterocycles. The summed E-state index contributed by atoms with van der Waals surface area (Å²) in [5.41, 5.74) is -0.641. The van der Waals surface area contributed by atoms with Crippen LogP contribution in [0.5, 0.6) is 0 Å². The van der Waals surface area contributed by atoms with Crippen molar-refractivity contribution in [3.05, 3.63) is 24.3 Å². The number of hydrogen-bond donors (Lipinski definition) is 2. The summed E-state index contributed by atoms with van der Waals surface area (Å²) in [6, 6.07) is 6.66. The number of benzene rings is 1. The van der Waals surface area contributed by atoms with Crippen molar-refractivity contribution >= 4 is 33.6 Å². The molecule has 0 aliphatic heterocycles. The fourth-order valence-corrected chi connectivity index (χ4v) is 5.60. The van der Waals surface area contributed by atoms with E-state index < -0.39 is 21.5 Å². The molecule has 1 aliphatic carbocycles. The lowest BCUT2D eigenvalue weighted by molar-refractivity contribution is -0.121. The molecule has 0 bridgehead atoms. The van der Waals surface area contributed by atoms with Gasteiger partial charge in [0, 0.05) is 10.9 Å². The third-order valence-corrected chi connectivity index (χ3v) is 7.50. The molecule has 7 nitrogen and oxygen atoms in total. The molecule has 168 valence electrons. The first kappa shape index (κ1) is 24.5. The van der Waals surface area contributed by atoms with Crippen molar-refractivity contribution in [1.29, 1.82) is 0 Å². The van der Waals surface area contributed by atoms with Gasteiger partial charge in [-0.1, -0.05) is 12.8 Å². The number of carbonyl (C=O) groups excluding carboxylic acids is 2. The largest absolute Gasteiger partial charge is 0.444 e. The Hall–Kier alpha value is -1.74. The van der Waals surface area contributed by atoms with Crippen molar-refractivity contribution in [3.8, 4) is 0 Å². The second-order valence-corrected chi connectivity index (χ2v) is 11.4. The van der Waals surface area contributed by atoms with Crippen LogP contribution in [0.3, 0.4) is 0 Å². The van der Waals surface area contributed by atoms with E-state index in [1.807, 2.05) is 6.26 Å². The standard InChI is InChI=1S/C21H32N2O5S2/c1-21(2,3)28-20(25)22-13-19(24)23-18-8-6-5-7-15(18)14-30(26,27)17-11-9-16(29-4)10-12-17/h9-12,15,18H,5-8,13-14H2,1-4H3,(H,22,25)(H,23,24)/t15-,18+/m1/s1. The third kappa shape index (κ3) is 7.83. The lowest BCUT2D eigenvalue weighted by Crippen LogP contribution is -2.48. The number of carbonyl (C=O) groups is 2. The quantitative estimate of drug-likeness (QED) is 0.610. The Balaban J connectivity index is 1.95. The molecule has 0 heterocycles. The molecule has 1 aliphatic rings. The number of rotatable bonds is 7. The SMILES string of the molecule is CSc1ccc(S(=O)(=O)C[C@H]2CCCC[C@@H]2NC(=O)CNC(=O)OC(C)(C)C)cc1. The molecule has 1 aromatic carbocycles. The van der Waals surface area contributed by atoms with Gasteiger partial charge in [0.1, 0.15) is 12.1 Å². The zero-order chi connectivity index (χ0) is 22.4.